The number of carbonyl (C=O) groups is 2. The van der Waals surface area contributed by atoms with Gasteiger partial charge in [-0.3, -0.25) is 4.79 Å². The van der Waals surface area contributed by atoms with E-state index in [1.807, 2.05) is 20.8 Å². The van der Waals surface area contributed by atoms with E-state index in [0.29, 0.717) is 36.2 Å². The van der Waals surface area contributed by atoms with Crippen LogP contribution < -0.4 is 5.01 Å². The van der Waals surface area contributed by atoms with Gasteiger partial charge in [0.15, 0.2) is 17.4 Å². The van der Waals surface area contributed by atoms with Crippen molar-refractivity contribution in [3.63, 3.8) is 0 Å². The first kappa shape index (κ1) is 18.1. The third kappa shape index (κ3) is 2.98. The van der Waals surface area contributed by atoms with Crippen LogP contribution in [-0.4, -0.2) is 22.0 Å². The topological polar surface area (TPSA) is 60.9 Å². The monoisotopic (exact) mass is 362 g/mol. The minimum absolute atomic E-state index is 0.107. The average molecular weight is 362 g/mol. The van der Waals surface area contributed by atoms with Gasteiger partial charge in [-0.2, -0.15) is 5.01 Å². The second kappa shape index (κ2) is 6.23. The van der Waals surface area contributed by atoms with Crippen LogP contribution >= 0.6 is 0 Å². The summed E-state index contributed by atoms with van der Waals surface area (Å²) in [5.41, 5.74) is 0.889. The lowest BCUT2D eigenvalue weighted by Gasteiger charge is -2.45. The Hall–Kier alpha value is -2.70. The van der Waals surface area contributed by atoms with Crippen LogP contribution in [0.25, 0.3) is 0 Å². The van der Waals surface area contributed by atoms with Crippen molar-refractivity contribution in [1.29, 1.82) is 0 Å². The van der Waals surface area contributed by atoms with Gasteiger partial charge in [0.05, 0.1) is 11.4 Å². The number of ketones is 1. The predicted octanol–water partition coefficient (Wildman–Crippen LogP) is 4.62. The molecule has 26 heavy (non-hydrogen) atoms. The van der Waals surface area contributed by atoms with Gasteiger partial charge in [0.2, 0.25) is 0 Å². The predicted molar refractivity (Wildman–Crippen MR) is 92.1 cm³/mol. The lowest BCUT2D eigenvalue weighted by Crippen LogP contribution is -2.50. The molecule has 0 fully saturated rings. The van der Waals surface area contributed by atoms with Gasteiger partial charge in [0, 0.05) is 29.2 Å². The summed E-state index contributed by atoms with van der Waals surface area (Å²) in [6.45, 7) is 5.60. The lowest BCUT2D eigenvalue weighted by molar-refractivity contribution is -0.115. The summed E-state index contributed by atoms with van der Waals surface area (Å²) in [5.74, 6) is -2.19. The molecule has 0 atom stereocenters. The molecule has 2 aliphatic rings. The number of hydrogen-bond donors (Lipinski definition) is 1. The van der Waals surface area contributed by atoms with Gasteiger partial charge in [0.1, 0.15) is 0 Å². The number of hydrogen-bond acceptors (Lipinski definition) is 3. The molecule has 1 amide bonds. The number of benzene rings is 1. The fourth-order valence-electron chi connectivity index (χ4n) is 3.26. The molecule has 0 spiro atoms. The Bertz CT molecular complexity index is 853. The highest BCUT2D eigenvalue weighted by atomic mass is 19.2. The van der Waals surface area contributed by atoms with E-state index in [-0.39, 0.29) is 11.5 Å². The molecule has 3 rings (SSSR count). The molecule has 7 heteroatoms. The molecule has 0 saturated heterocycles. The van der Waals surface area contributed by atoms with Gasteiger partial charge in [-0.1, -0.05) is 20.8 Å². The molecule has 1 aliphatic carbocycles. The zero-order valence-electron chi connectivity index (χ0n) is 14.8. The van der Waals surface area contributed by atoms with Crippen molar-refractivity contribution in [1.82, 2.24) is 5.01 Å². The van der Waals surface area contributed by atoms with Crippen molar-refractivity contribution < 1.29 is 23.5 Å². The largest absolute Gasteiger partial charge is 0.463 e. The number of nitrogens with zero attached hydrogens (tertiary/aromatic N) is 2. The third-order valence-electron chi connectivity index (χ3n) is 4.49. The number of allylic oxidation sites excluding steroid dienone is 4. The number of rotatable bonds is 1. The van der Waals surface area contributed by atoms with Crippen LogP contribution in [0.2, 0.25) is 0 Å². The van der Waals surface area contributed by atoms with Crippen molar-refractivity contribution in [2.75, 3.05) is 5.01 Å². The van der Waals surface area contributed by atoms with E-state index in [1.54, 1.807) is 6.08 Å². The van der Waals surface area contributed by atoms with Crippen molar-refractivity contribution in [2.24, 2.45) is 5.41 Å². The number of carbonyl (C=O) groups excluding carboxylic acids is 1. The second-order valence-corrected chi connectivity index (χ2v) is 7.42. The maximum Gasteiger partial charge on any atom is 0.431 e. The second-order valence-electron chi connectivity index (χ2n) is 7.42. The number of amides is 1. The number of Topliss-reactive ketones (excluding diaryl/α,β-unsaturated/α-hetero) is 1. The summed E-state index contributed by atoms with van der Waals surface area (Å²) in [5, 5.41) is 12.2. The van der Waals surface area contributed by atoms with E-state index in [2.05, 4.69) is 0 Å². The molecule has 0 saturated carbocycles. The zero-order valence-corrected chi connectivity index (χ0v) is 14.8. The van der Waals surface area contributed by atoms with Gasteiger partial charge in [0.25, 0.3) is 0 Å². The SMILES string of the molecule is CC(C)(C)C1=CC2=C(CCCC2=O)N(C(=O)O)N1c1ccc(F)c(F)c1. The van der Waals surface area contributed by atoms with Crippen LogP contribution in [0.4, 0.5) is 19.3 Å². The molecule has 1 aromatic carbocycles. The van der Waals surface area contributed by atoms with Crippen molar-refractivity contribution in [3.05, 3.63) is 52.9 Å². The maximum atomic E-state index is 13.8. The maximum absolute atomic E-state index is 13.8. The Morgan fingerprint density at radius 2 is 1.85 bits per heavy atom. The smallest absolute Gasteiger partial charge is 0.431 e. The minimum atomic E-state index is -1.29. The van der Waals surface area contributed by atoms with Crippen molar-refractivity contribution in [3.8, 4) is 0 Å². The Morgan fingerprint density at radius 3 is 2.42 bits per heavy atom. The van der Waals surface area contributed by atoms with E-state index in [1.165, 1.54) is 11.1 Å². The van der Waals surface area contributed by atoms with E-state index in [0.717, 1.165) is 17.1 Å². The lowest BCUT2D eigenvalue weighted by atomic mass is 9.85. The first-order valence-electron chi connectivity index (χ1n) is 8.38. The van der Waals surface area contributed by atoms with Crippen LogP contribution in [0.5, 0.6) is 0 Å². The van der Waals surface area contributed by atoms with E-state index in [4.69, 9.17) is 0 Å². The highest BCUT2D eigenvalue weighted by Crippen LogP contribution is 2.42. The molecule has 1 heterocycles. The van der Waals surface area contributed by atoms with Crippen LogP contribution in [-0.2, 0) is 4.79 Å². The first-order chi connectivity index (χ1) is 12.1. The van der Waals surface area contributed by atoms with Crippen LogP contribution in [0, 0.1) is 17.0 Å². The highest BCUT2D eigenvalue weighted by Gasteiger charge is 2.40. The van der Waals surface area contributed by atoms with Gasteiger partial charge in [-0.05, 0) is 31.1 Å². The summed E-state index contributed by atoms with van der Waals surface area (Å²) in [4.78, 5) is 24.4. The first-order valence-corrected chi connectivity index (χ1v) is 8.38. The van der Waals surface area contributed by atoms with Crippen molar-refractivity contribution >= 4 is 17.6 Å². The molecule has 1 N–H and O–H groups in total. The van der Waals surface area contributed by atoms with Gasteiger partial charge in [-0.25, -0.2) is 18.6 Å². The van der Waals surface area contributed by atoms with E-state index in [9.17, 15) is 23.5 Å². The molecule has 1 aromatic rings. The molecule has 0 aromatic heterocycles. The third-order valence-corrected chi connectivity index (χ3v) is 4.49. The molecule has 0 bridgehead atoms. The zero-order chi connectivity index (χ0) is 19.2. The molecule has 0 unspecified atom stereocenters. The Balaban J connectivity index is 2.25. The summed E-state index contributed by atoms with van der Waals surface area (Å²) in [7, 11) is 0. The van der Waals surface area contributed by atoms with Crippen LogP contribution in [0.15, 0.2) is 41.2 Å². The molecule has 138 valence electrons. The van der Waals surface area contributed by atoms with Gasteiger partial charge < -0.3 is 5.11 Å². The normalized spacial score (nSPS) is 18.0. The fraction of sp³-hybridized carbons (Fsp3) is 0.368. The Labute approximate surface area is 150 Å². The highest BCUT2D eigenvalue weighted by molar-refractivity contribution is 6.01. The summed E-state index contributed by atoms with van der Waals surface area (Å²) < 4.78 is 27.2. The van der Waals surface area contributed by atoms with Crippen molar-refractivity contribution in [2.45, 2.75) is 40.0 Å². The molecular weight excluding hydrogens is 342 g/mol. The summed E-state index contributed by atoms with van der Waals surface area (Å²) >= 11 is 0. The molecule has 0 radical (unpaired) electrons. The summed E-state index contributed by atoms with van der Waals surface area (Å²) in [6.07, 6.45) is 1.72. The minimum Gasteiger partial charge on any atom is -0.463 e. The van der Waals surface area contributed by atoms with E-state index >= 15 is 0 Å². The van der Waals surface area contributed by atoms with E-state index < -0.39 is 23.1 Å². The van der Waals surface area contributed by atoms with Gasteiger partial charge >= 0.3 is 6.09 Å². The molecule has 5 nitrogen and oxygen atoms in total. The summed E-state index contributed by atoms with van der Waals surface area (Å²) in [6, 6.07) is 3.24. The molecule has 1 aliphatic heterocycles. The number of hydrazine groups is 1. The van der Waals surface area contributed by atoms with Crippen LogP contribution in [0.1, 0.15) is 40.0 Å². The Kier molecular flexibility index (Phi) is 4.34. The number of halogens is 2. The fourth-order valence-corrected chi connectivity index (χ4v) is 3.26. The number of carboxylic acid groups (broad SMARTS) is 1. The molecular formula is C19H20F2N2O3. The average Bonchev–Trinajstić information content (AvgIpc) is 2.55. The van der Waals surface area contributed by atoms with Gasteiger partial charge in [-0.15, -0.1) is 0 Å². The quantitative estimate of drug-likeness (QED) is 0.792. The Morgan fingerprint density at radius 1 is 1.15 bits per heavy atom. The number of anilines is 1. The standard InChI is InChI=1S/C19H20F2N2O3/c1-19(2,3)17-10-12-15(5-4-6-16(12)24)23(18(25)26)22(17)11-7-8-13(20)14(21)9-11/h7-10H,4-6H2,1-3H3,(H,25,26). The van der Waals surface area contributed by atoms with Crippen LogP contribution in [0.3, 0.4) is 0 Å².